The number of thiazole rings is 1. The molecular formula is C16H13ClFN3OS. The molecule has 0 spiro atoms. The smallest absolute Gasteiger partial charge is 0.243 e. The molecule has 0 aliphatic rings. The van der Waals surface area contributed by atoms with Crippen LogP contribution >= 0.6 is 22.9 Å². The number of nitrogens with one attached hydrogen (secondary N) is 1. The molecular weight excluding hydrogens is 337 g/mol. The zero-order chi connectivity index (χ0) is 16.4. The summed E-state index contributed by atoms with van der Waals surface area (Å²) in [4.78, 5) is 18.0. The molecule has 3 rings (SSSR count). The van der Waals surface area contributed by atoms with E-state index in [1.807, 2.05) is 0 Å². The van der Waals surface area contributed by atoms with Crippen LogP contribution < -0.4 is 10.2 Å². The molecule has 0 radical (unpaired) electrons. The molecule has 7 heteroatoms. The van der Waals surface area contributed by atoms with E-state index in [0.29, 0.717) is 21.4 Å². The third-order valence-electron chi connectivity index (χ3n) is 3.19. The molecule has 0 atom stereocenters. The van der Waals surface area contributed by atoms with Crippen LogP contribution in [0.1, 0.15) is 0 Å². The maximum Gasteiger partial charge on any atom is 0.243 e. The van der Waals surface area contributed by atoms with Crippen LogP contribution in [0, 0.1) is 5.82 Å². The highest BCUT2D eigenvalue weighted by atomic mass is 35.5. The summed E-state index contributed by atoms with van der Waals surface area (Å²) in [5, 5.41) is 3.98. The number of hydrogen-bond donors (Lipinski definition) is 1. The largest absolute Gasteiger partial charge is 0.342 e. The number of para-hydroxylation sites is 1. The minimum Gasteiger partial charge on any atom is -0.342 e. The molecule has 1 amide bonds. The number of nitrogens with zero attached hydrogens (tertiary/aromatic N) is 2. The second-order valence-corrected chi connectivity index (χ2v) is 6.44. The molecule has 0 aliphatic heterocycles. The monoisotopic (exact) mass is 349 g/mol. The van der Waals surface area contributed by atoms with E-state index in [0.717, 1.165) is 4.70 Å². The van der Waals surface area contributed by atoms with Crippen molar-refractivity contribution >= 4 is 49.9 Å². The first kappa shape index (κ1) is 15.7. The summed E-state index contributed by atoms with van der Waals surface area (Å²) >= 11 is 7.15. The fourth-order valence-corrected chi connectivity index (χ4v) is 3.15. The molecule has 0 unspecified atom stereocenters. The molecule has 2 aromatic carbocycles. The Kier molecular flexibility index (Phi) is 4.45. The van der Waals surface area contributed by atoms with Gasteiger partial charge in [-0.1, -0.05) is 29.0 Å². The predicted molar refractivity (Wildman–Crippen MR) is 92.9 cm³/mol. The number of likely N-dealkylation sites (N-methyl/N-ethyl adjacent to an activating group) is 1. The maximum absolute atomic E-state index is 13.7. The lowest BCUT2D eigenvalue weighted by atomic mass is 10.3. The van der Waals surface area contributed by atoms with Gasteiger partial charge in [-0.15, -0.1) is 0 Å². The van der Waals surface area contributed by atoms with E-state index in [4.69, 9.17) is 11.6 Å². The fraction of sp³-hybridized carbons (Fsp3) is 0.125. The van der Waals surface area contributed by atoms with Crippen LogP contribution in [0.25, 0.3) is 10.2 Å². The molecule has 0 fully saturated rings. The van der Waals surface area contributed by atoms with E-state index in [-0.39, 0.29) is 18.3 Å². The lowest BCUT2D eigenvalue weighted by Gasteiger charge is -2.15. The lowest BCUT2D eigenvalue weighted by molar-refractivity contribution is -0.114. The second-order valence-electron chi connectivity index (χ2n) is 4.99. The number of halogens is 2. The van der Waals surface area contributed by atoms with Gasteiger partial charge >= 0.3 is 0 Å². The number of hydrogen-bond acceptors (Lipinski definition) is 4. The highest BCUT2D eigenvalue weighted by Gasteiger charge is 2.14. The Morgan fingerprint density at radius 1 is 1.30 bits per heavy atom. The average molecular weight is 350 g/mol. The number of fused-ring (bicyclic) bond motifs is 1. The summed E-state index contributed by atoms with van der Waals surface area (Å²) in [5.74, 6) is -0.543. The third-order valence-corrected chi connectivity index (χ3v) is 4.58. The van der Waals surface area contributed by atoms with E-state index in [2.05, 4.69) is 10.3 Å². The van der Waals surface area contributed by atoms with Gasteiger partial charge in [0, 0.05) is 17.8 Å². The van der Waals surface area contributed by atoms with Crippen molar-refractivity contribution in [2.45, 2.75) is 0 Å². The number of benzene rings is 2. The molecule has 1 aromatic heterocycles. The summed E-state index contributed by atoms with van der Waals surface area (Å²) in [6.45, 7) is 0.115. The van der Waals surface area contributed by atoms with Crippen LogP contribution in [-0.2, 0) is 4.79 Å². The van der Waals surface area contributed by atoms with Crippen LogP contribution in [-0.4, -0.2) is 24.5 Å². The molecule has 1 N–H and O–H groups in total. The van der Waals surface area contributed by atoms with Gasteiger partial charge in [0.1, 0.15) is 11.3 Å². The first-order valence-corrected chi connectivity index (χ1v) is 8.04. The maximum atomic E-state index is 13.7. The van der Waals surface area contributed by atoms with Gasteiger partial charge in [0.05, 0.1) is 11.2 Å². The number of carbonyl (C=O) groups excluding carboxylic acids is 1. The van der Waals surface area contributed by atoms with Crippen LogP contribution in [0.2, 0.25) is 5.02 Å². The molecule has 0 saturated carbocycles. The van der Waals surface area contributed by atoms with Crippen molar-refractivity contribution in [1.29, 1.82) is 0 Å². The molecule has 4 nitrogen and oxygen atoms in total. The minimum atomic E-state index is -0.357. The van der Waals surface area contributed by atoms with E-state index < -0.39 is 0 Å². The standard InChI is InChI=1S/C16H13ClFN3OS/c1-21(9-14(22)19-11-7-5-10(17)6-8-11)16-20-15-12(18)3-2-4-13(15)23-16/h2-8H,9H2,1H3,(H,19,22). The second kappa shape index (κ2) is 6.52. The quantitative estimate of drug-likeness (QED) is 0.769. The van der Waals surface area contributed by atoms with Crippen LogP contribution in [0.15, 0.2) is 42.5 Å². The van der Waals surface area contributed by atoms with Gasteiger partial charge in [-0.25, -0.2) is 9.37 Å². The predicted octanol–water partition coefficient (Wildman–Crippen LogP) is 4.16. The summed E-state index contributed by atoms with van der Waals surface area (Å²) in [5.41, 5.74) is 1.00. The number of rotatable bonds is 4. The SMILES string of the molecule is CN(CC(=O)Nc1ccc(Cl)cc1)c1nc2c(F)cccc2s1. The van der Waals surface area contributed by atoms with Crippen molar-refractivity contribution in [3.05, 3.63) is 53.3 Å². The first-order valence-electron chi connectivity index (χ1n) is 6.84. The Morgan fingerprint density at radius 2 is 2.04 bits per heavy atom. The van der Waals surface area contributed by atoms with E-state index in [1.165, 1.54) is 17.4 Å². The lowest BCUT2D eigenvalue weighted by Crippen LogP contribution is -2.29. The molecule has 23 heavy (non-hydrogen) atoms. The average Bonchev–Trinajstić information content (AvgIpc) is 2.95. The molecule has 0 bridgehead atoms. The molecule has 1 heterocycles. The number of anilines is 2. The fourth-order valence-electron chi connectivity index (χ4n) is 2.08. The number of carbonyl (C=O) groups is 1. The van der Waals surface area contributed by atoms with E-state index >= 15 is 0 Å². The Morgan fingerprint density at radius 3 is 2.74 bits per heavy atom. The van der Waals surface area contributed by atoms with Gasteiger partial charge in [-0.05, 0) is 36.4 Å². The first-order chi connectivity index (χ1) is 11.0. The molecule has 118 valence electrons. The van der Waals surface area contributed by atoms with Crippen molar-refractivity contribution in [3.8, 4) is 0 Å². The van der Waals surface area contributed by atoms with Crippen molar-refractivity contribution in [3.63, 3.8) is 0 Å². The third kappa shape index (κ3) is 3.60. The van der Waals surface area contributed by atoms with Crippen molar-refractivity contribution in [1.82, 2.24) is 4.98 Å². The Balaban J connectivity index is 1.69. The highest BCUT2D eigenvalue weighted by Crippen LogP contribution is 2.29. The van der Waals surface area contributed by atoms with E-state index in [9.17, 15) is 9.18 Å². The minimum absolute atomic E-state index is 0.115. The normalized spacial score (nSPS) is 10.7. The van der Waals surface area contributed by atoms with Crippen molar-refractivity contribution < 1.29 is 9.18 Å². The van der Waals surface area contributed by atoms with Gasteiger partial charge in [0.15, 0.2) is 5.13 Å². The Labute approximate surface area is 141 Å². The van der Waals surface area contributed by atoms with Crippen LogP contribution in [0.5, 0.6) is 0 Å². The Hall–Kier alpha value is -2.18. The zero-order valence-corrected chi connectivity index (χ0v) is 13.8. The summed E-state index contributed by atoms with van der Waals surface area (Å²) in [6.07, 6.45) is 0. The number of aromatic nitrogens is 1. The summed E-state index contributed by atoms with van der Waals surface area (Å²) < 4.78 is 14.4. The summed E-state index contributed by atoms with van der Waals surface area (Å²) in [7, 11) is 1.75. The van der Waals surface area contributed by atoms with Gasteiger partial charge in [0.2, 0.25) is 5.91 Å². The van der Waals surface area contributed by atoms with Crippen molar-refractivity contribution in [2.24, 2.45) is 0 Å². The Bertz CT molecular complexity index is 850. The molecule has 3 aromatic rings. The van der Waals surface area contributed by atoms with Crippen molar-refractivity contribution in [2.75, 3.05) is 23.8 Å². The van der Waals surface area contributed by atoms with Gasteiger partial charge < -0.3 is 10.2 Å². The topological polar surface area (TPSA) is 45.2 Å². The number of amides is 1. The molecule has 0 aliphatic carbocycles. The zero-order valence-electron chi connectivity index (χ0n) is 12.2. The van der Waals surface area contributed by atoms with E-state index in [1.54, 1.807) is 48.3 Å². The van der Waals surface area contributed by atoms with Crippen LogP contribution in [0.3, 0.4) is 0 Å². The van der Waals surface area contributed by atoms with Gasteiger partial charge in [-0.3, -0.25) is 4.79 Å². The molecule has 0 saturated heterocycles. The van der Waals surface area contributed by atoms with Gasteiger partial charge in [-0.2, -0.15) is 0 Å². The van der Waals surface area contributed by atoms with Crippen LogP contribution in [0.4, 0.5) is 15.2 Å². The van der Waals surface area contributed by atoms with Gasteiger partial charge in [0.25, 0.3) is 0 Å². The highest BCUT2D eigenvalue weighted by molar-refractivity contribution is 7.22. The summed E-state index contributed by atoms with van der Waals surface area (Å²) in [6, 6.07) is 11.7.